The van der Waals surface area contributed by atoms with Crippen molar-refractivity contribution in [1.29, 1.82) is 0 Å². The van der Waals surface area contributed by atoms with Gasteiger partial charge in [-0.15, -0.1) is 0 Å². The van der Waals surface area contributed by atoms with Gasteiger partial charge in [0, 0.05) is 17.8 Å². The summed E-state index contributed by atoms with van der Waals surface area (Å²) in [5.41, 5.74) is 0.989. The van der Waals surface area contributed by atoms with Gasteiger partial charge in [-0.05, 0) is 13.0 Å². The first kappa shape index (κ1) is 9.00. The topological polar surface area (TPSA) is 18.5 Å². The molecule has 2 nitrogen and oxygen atoms in total. The molecule has 1 heterocycles. The molecule has 1 aliphatic heterocycles. The zero-order valence-electron chi connectivity index (χ0n) is 6.87. The quantitative estimate of drug-likeness (QED) is 0.580. The zero-order chi connectivity index (χ0) is 8.97. The third kappa shape index (κ3) is 1.95. The van der Waals surface area contributed by atoms with Crippen LogP contribution >= 0.6 is 12.2 Å². The van der Waals surface area contributed by atoms with Gasteiger partial charge in [-0.2, -0.15) is 0 Å². The SMILES string of the molecule is C=C/C=C1/OC(=S)OC/C1=C/C. The Bertz CT molecular complexity index is 264. The van der Waals surface area contributed by atoms with Gasteiger partial charge in [0.1, 0.15) is 12.4 Å². The van der Waals surface area contributed by atoms with E-state index in [9.17, 15) is 0 Å². The lowest BCUT2D eigenvalue weighted by molar-refractivity contribution is 0.201. The molecular formula is C9H10O2S. The first-order valence-electron chi connectivity index (χ1n) is 3.61. The monoisotopic (exact) mass is 182 g/mol. The second-order valence-electron chi connectivity index (χ2n) is 2.22. The summed E-state index contributed by atoms with van der Waals surface area (Å²) in [6.07, 6.45) is 5.36. The van der Waals surface area contributed by atoms with Gasteiger partial charge in [0.2, 0.25) is 0 Å². The molecule has 0 aromatic carbocycles. The van der Waals surface area contributed by atoms with Crippen LogP contribution in [0, 0.1) is 0 Å². The summed E-state index contributed by atoms with van der Waals surface area (Å²) in [4.78, 5) is 0. The number of hydrogen-bond acceptors (Lipinski definition) is 3. The van der Waals surface area contributed by atoms with Crippen LogP contribution < -0.4 is 0 Å². The number of rotatable bonds is 1. The van der Waals surface area contributed by atoms with Gasteiger partial charge < -0.3 is 9.47 Å². The lowest BCUT2D eigenvalue weighted by Crippen LogP contribution is -2.18. The van der Waals surface area contributed by atoms with Gasteiger partial charge in [0.25, 0.3) is 0 Å². The van der Waals surface area contributed by atoms with E-state index in [0.717, 1.165) is 11.3 Å². The minimum atomic E-state index is 0.175. The van der Waals surface area contributed by atoms with E-state index in [0.29, 0.717) is 6.61 Å². The van der Waals surface area contributed by atoms with Crippen LogP contribution in [0.15, 0.2) is 36.1 Å². The van der Waals surface area contributed by atoms with Crippen LogP contribution in [0.1, 0.15) is 6.92 Å². The number of ether oxygens (including phenoxy) is 2. The van der Waals surface area contributed by atoms with Crippen molar-refractivity contribution in [2.45, 2.75) is 6.92 Å². The van der Waals surface area contributed by atoms with Crippen molar-refractivity contribution in [2.75, 3.05) is 6.61 Å². The summed E-state index contributed by atoms with van der Waals surface area (Å²) in [7, 11) is 0. The Labute approximate surface area is 77.2 Å². The molecule has 0 atom stereocenters. The molecule has 0 radical (unpaired) electrons. The van der Waals surface area contributed by atoms with Crippen molar-refractivity contribution in [3.8, 4) is 0 Å². The molecule has 0 N–H and O–H groups in total. The largest absolute Gasteiger partial charge is 0.452 e. The van der Waals surface area contributed by atoms with Crippen LogP contribution in [0.2, 0.25) is 0 Å². The molecule has 64 valence electrons. The summed E-state index contributed by atoms with van der Waals surface area (Å²) in [6, 6.07) is 0. The van der Waals surface area contributed by atoms with Gasteiger partial charge >= 0.3 is 5.24 Å². The molecule has 0 saturated carbocycles. The van der Waals surface area contributed by atoms with E-state index in [-0.39, 0.29) is 5.24 Å². The van der Waals surface area contributed by atoms with Gasteiger partial charge in [-0.3, -0.25) is 0 Å². The van der Waals surface area contributed by atoms with Gasteiger partial charge in [0.05, 0.1) is 0 Å². The molecule has 0 bridgehead atoms. The van der Waals surface area contributed by atoms with Crippen molar-refractivity contribution in [2.24, 2.45) is 0 Å². The van der Waals surface area contributed by atoms with Crippen molar-refractivity contribution in [3.63, 3.8) is 0 Å². The van der Waals surface area contributed by atoms with E-state index in [2.05, 4.69) is 6.58 Å². The second-order valence-corrected chi connectivity index (χ2v) is 2.55. The third-order valence-electron chi connectivity index (χ3n) is 1.47. The fourth-order valence-corrected chi connectivity index (χ4v) is 1.01. The van der Waals surface area contributed by atoms with Crippen LogP contribution in [0.4, 0.5) is 0 Å². The predicted molar refractivity (Wildman–Crippen MR) is 51.7 cm³/mol. The van der Waals surface area contributed by atoms with Gasteiger partial charge in [-0.1, -0.05) is 18.7 Å². The summed E-state index contributed by atoms with van der Waals surface area (Å²) in [6.45, 7) is 5.99. The fourth-order valence-electron chi connectivity index (χ4n) is 0.866. The molecule has 0 aromatic heterocycles. The highest BCUT2D eigenvalue weighted by Crippen LogP contribution is 2.18. The minimum absolute atomic E-state index is 0.175. The summed E-state index contributed by atoms with van der Waals surface area (Å²) in [5.74, 6) is 0.726. The minimum Gasteiger partial charge on any atom is -0.452 e. The van der Waals surface area contributed by atoms with E-state index in [1.807, 2.05) is 13.0 Å². The zero-order valence-corrected chi connectivity index (χ0v) is 7.69. The molecule has 12 heavy (non-hydrogen) atoms. The first-order valence-corrected chi connectivity index (χ1v) is 4.01. The third-order valence-corrected chi connectivity index (χ3v) is 1.67. The van der Waals surface area contributed by atoms with Crippen LogP contribution in [0.5, 0.6) is 0 Å². The van der Waals surface area contributed by atoms with E-state index in [1.165, 1.54) is 0 Å². The Hall–Kier alpha value is -1.09. The van der Waals surface area contributed by atoms with Gasteiger partial charge in [-0.25, -0.2) is 0 Å². The summed E-state index contributed by atoms with van der Waals surface area (Å²) >= 11 is 4.75. The second kappa shape index (κ2) is 4.07. The molecular weight excluding hydrogens is 172 g/mol. The summed E-state index contributed by atoms with van der Waals surface area (Å²) < 4.78 is 10.2. The molecule has 0 aliphatic carbocycles. The van der Waals surface area contributed by atoms with Crippen LogP contribution in [-0.2, 0) is 9.47 Å². The Morgan fingerprint density at radius 1 is 1.58 bits per heavy atom. The van der Waals surface area contributed by atoms with Crippen LogP contribution in [-0.4, -0.2) is 11.8 Å². The van der Waals surface area contributed by atoms with Crippen LogP contribution in [0.3, 0.4) is 0 Å². The molecule has 0 unspecified atom stereocenters. The fraction of sp³-hybridized carbons (Fsp3) is 0.222. The van der Waals surface area contributed by atoms with Gasteiger partial charge in [0.15, 0.2) is 0 Å². The van der Waals surface area contributed by atoms with Crippen molar-refractivity contribution >= 4 is 17.5 Å². The molecule has 1 fully saturated rings. The number of hydrogen-bond donors (Lipinski definition) is 0. The normalized spacial score (nSPS) is 23.6. The molecule has 3 heteroatoms. The highest BCUT2D eigenvalue weighted by Gasteiger charge is 2.16. The lowest BCUT2D eigenvalue weighted by atomic mass is 10.2. The maximum absolute atomic E-state index is 5.16. The lowest BCUT2D eigenvalue weighted by Gasteiger charge is -2.19. The number of thiocarbonyl (C=S) groups is 1. The Morgan fingerprint density at radius 2 is 2.33 bits per heavy atom. The molecule has 0 spiro atoms. The Kier molecular flexibility index (Phi) is 3.05. The van der Waals surface area contributed by atoms with E-state index >= 15 is 0 Å². The average molecular weight is 182 g/mol. The van der Waals surface area contributed by atoms with E-state index < -0.39 is 0 Å². The Morgan fingerprint density at radius 3 is 2.92 bits per heavy atom. The smallest absolute Gasteiger partial charge is 0.358 e. The summed E-state index contributed by atoms with van der Waals surface area (Å²) in [5, 5.41) is 0.175. The highest BCUT2D eigenvalue weighted by molar-refractivity contribution is 7.79. The van der Waals surface area contributed by atoms with Crippen molar-refractivity contribution in [3.05, 3.63) is 36.1 Å². The molecule has 1 aliphatic rings. The predicted octanol–water partition coefficient (Wildman–Crippen LogP) is 2.33. The molecule has 1 rings (SSSR count). The van der Waals surface area contributed by atoms with Crippen LogP contribution in [0.25, 0.3) is 0 Å². The number of allylic oxidation sites excluding steroid dienone is 3. The van der Waals surface area contributed by atoms with E-state index in [1.54, 1.807) is 12.2 Å². The van der Waals surface area contributed by atoms with E-state index in [4.69, 9.17) is 21.7 Å². The van der Waals surface area contributed by atoms with Crippen molar-refractivity contribution in [1.82, 2.24) is 0 Å². The first-order chi connectivity index (χ1) is 5.77. The van der Waals surface area contributed by atoms with Crippen molar-refractivity contribution < 1.29 is 9.47 Å². The maximum atomic E-state index is 5.16. The highest BCUT2D eigenvalue weighted by atomic mass is 32.1. The maximum Gasteiger partial charge on any atom is 0.358 e. The molecule has 0 amide bonds. The molecule has 1 saturated heterocycles. The molecule has 0 aromatic rings. The average Bonchev–Trinajstić information content (AvgIpc) is 2.05. The standard InChI is InChI=1S/C9H10O2S/c1-3-5-8-7(4-2)6-10-9(12)11-8/h3-5H,1,6H2,2H3/b7-4-,8-5+. The Balaban J connectivity index is 2.85.